The van der Waals surface area contributed by atoms with E-state index in [4.69, 9.17) is 9.47 Å². The van der Waals surface area contributed by atoms with Crippen LogP contribution in [-0.4, -0.2) is 110 Å². The first-order chi connectivity index (χ1) is 40.2. The molecule has 82 heavy (non-hydrogen) atoms. The third-order valence-corrected chi connectivity index (χ3v) is 18.2. The van der Waals surface area contributed by atoms with Gasteiger partial charge in [0.15, 0.2) is 6.29 Å². The highest BCUT2D eigenvalue weighted by atomic mass is 16.7. The summed E-state index contributed by atoms with van der Waals surface area (Å²) in [6.07, 6.45) is 62.0. The zero-order chi connectivity index (χ0) is 59.6. The van der Waals surface area contributed by atoms with Gasteiger partial charge in [0.2, 0.25) is 5.91 Å². The van der Waals surface area contributed by atoms with Gasteiger partial charge in [-0.05, 0) is 12.8 Å². The van der Waals surface area contributed by atoms with E-state index in [2.05, 4.69) is 19.2 Å². The lowest BCUT2D eigenvalue weighted by atomic mass is 9.98. The fourth-order valence-electron chi connectivity index (χ4n) is 12.3. The fraction of sp³-hybridized carbons (Fsp3) is 0.986. The number of carbonyl (C=O) groups is 1. The molecular weight excluding hydrogens is 1030 g/mol. The lowest BCUT2D eigenvalue weighted by molar-refractivity contribution is -0.303. The van der Waals surface area contributed by atoms with E-state index in [1.54, 1.807) is 0 Å². The van der Waals surface area contributed by atoms with Gasteiger partial charge in [0, 0.05) is 0 Å². The van der Waals surface area contributed by atoms with Gasteiger partial charge in [-0.15, -0.1) is 0 Å². The first kappa shape index (κ1) is 79.1. The van der Waals surface area contributed by atoms with Gasteiger partial charge in [0.05, 0.1) is 25.4 Å². The number of nitrogens with one attached hydrogen (secondary N) is 1. The van der Waals surface area contributed by atoms with Gasteiger partial charge >= 0.3 is 0 Å². The topological polar surface area (TPSA) is 189 Å². The molecule has 0 radical (unpaired) electrons. The highest BCUT2D eigenvalue weighted by Gasteiger charge is 2.44. The molecule has 490 valence electrons. The van der Waals surface area contributed by atoms with Crippen molar-refractivity contribution in [2.45, 2.75) is 435 Å². The third-order valence-electron chi connectivity index (χ3n) is 18.2. The van der Waals surface area contributed by atoms with E-state index < -0.39 is 74.2 Å². The zero-order valence-electron chi connectivity index (χ0n) is 54.3. The van der Waals surface area contributed by atoms with E-state index in [0.29, 0.717) is 19.3 Å². The Kier molecular flexibility index (Phi) is 58.3. The van der Waals surface area contributed by atoms with Crippen LogP contribution in [0.3, 0.4) is 0 Å². The number of ether oxygens (including phenoxy) is 2. The molecule has 9 atom stereocenters. The Morgan fingerprint density at radius 1 is 0.378 bits per heavy atom. The molecule has 0 aromatic carbocycles. The Hall–Kier alpha value is -0.890. The van der Waals surface area contributed by atoms with Gasteiger partial charge in [0.1, 0.15) is 36.6 Å². The lowest BCUT2D eigenvalue weighted by Crippen LogP contribution is -2.60. The van der Waals surface area contributed by atoms with Crippen molar-refractivity contribution in [1.29, 1.82) is 0 Å². The number of aliphatic hydroxyl groups is 7. The zero-order valence-corrected chi connectivity index (χ0v) is 54.3. The normalized spacial score (nSPS) is 19.0. The molecule has 1 amide bonds. The van der Waals surface area contributed by atoms with Crippen LogP contribution in [0.5, 0.6) is 0 Å². The van der Waals surface area contributed by atoms with Gasteiger partial charge < -0.3 is 50.5 Å². The summed E-state index contributed by atoms with van der Waals surface area (Å²) in [6, 6.07) is -1.16. The second-order valence-corrected chi connectivity index (χ2v) is 26.0. The Labute approximate surface area is 507 Å². The first-order valence-corrected chi connectivity index (χ1v) is 36.4. The van der Waals surface area contributed by atoms with Gasteiger partial charge in [-0.1, -0.05) is 367 Å². The van der Waals surface area contributed by atoms with Crippen LogP contribution in [0.2, 0.25) is 0 Å². The predicted octanol–water partition coefficient (Wildman–Crippen LogP) is 17.6. The van der Waals surface area contributed by atoms with Gasteiger partial charge in [0.25, 0.3) is 0 Å². The maximum Gasteiger partial charge on any atom is 0.249 e. The molecule has 1 fully saturated rings. The summed E-state index contributed by atoms with van der Waals surface area (Å²) in [6.45, 7) is 3.52. The Balaban J connectivity index is 2.11. The van der Waals surface area contributed by atoms with Crippen molar-refractivity contribution in [3.63, 3.8) is 0 Å². The highest BCUT2D eigenvalue weighted by Crippen LogP contribution is 2.24. The van der Waals surface area contributed by atoms with Crippen LogP contribution >= 0.6 is 0 Å². The second-order valence-electron chi connectivity index (χ2n) is 26.0. The Morgan fingerprint density at radius 2 is 0.634 bits per heavy atom. The fourth-order valence-corrected chi connectivity index (χ4v) is 12.3. The molecule has 1 saturated heterocycles. The molecule has 0 aromatic heterocycles. The smallest absolute Gasteiger partial charge is 0.249 e. The molecule has 1 aliphatic heterocycles. The summed E-state index contributed by atoms with van der Waals surface area (Å²) in [5.41, 5.74) is 0. The van der Waals surface area contributed by atoms with Crippen molar-refractivity contribution in [2.75, 3.05) is 13.2 Å². The van der Waals surface area contributed by atoms with Crippen LogP contribution in [-0.2, 0) is 14.3 Å². The molecular formula is C71H141NO10. The molecule has 1 aliphatic rings. The van der Waals surface area contributed by atoms with Gasteiger partial charge in [-0.25, -0.2) is 0 Å². The van der Waals surface area contributed by atoms with Crippen LogP contribution in [0.1, 0.15) is 380 Å². The van der Waals surface area contributed by atoms with Crippen LogP contribution < -0.4 is 5.32 Å². The van der Waals surface area contributed by atoms with E-state index in [9.17, 15) is 40.5 Å². The largest absolute Gasteiger partial charge is 0.394 e. The van der Waals surface area contributed by atoms with Crippen LogP contribution in [0.25, 0.3) is 0 Å². The summed E-state index contributed by atoms with van der Waals surface area (Å²) >= 11 is 0. The van der Waals surface area contributed by atoms with E-state index in [1.807, 2.05) is 0 Å². The van der Waals surface area contributed by atoms with Crippen molar-refractivity contribution in [3.05, 3.63) is 0 Å². The molecule has 1 heterocycles. The maximum atomic E-state index is 13.3. The molecule has 0 aromatic rings. The van der Waals surface area contributed by atoms with E-state index in [-0.39, 0.29) is 6.42 Å². The highest BCUT2D eigenvalue weighted by molar-refractivity contribution is 5.80. The molecule has 11 heteroatoms. The number of unbranched alkanes of at least 4 members (excludes halogenated alkanes) is 53. The van der Waals surface area contributed by atoms with Gasteiger partial charge in [-0.3, -0.25) is 4.79 Å². The minimum atomic E-state index is -1.66. The number of carbonyl (C=O) groups excluding carboxylic acids is 1. The summed E-state index contributed by atoms with van der Waals surface area (Å²) in [4.78, 5) is 13.3. The average Bonchev–Trinajstić information content (AvgIpc) is 3.48. The maximum absolute atomic E-state index is 13.3. The van der Waals surface area contributed by atoms with Gasteiger partial charge in [-0.2, -0.15) is 0 Å². The summed E-state index contributed by atoms with van der Waals surface area (Å²) in [5.74, 6) is -0.687. The van der Waals surface area contributed by atoms with Crippen LogP contribution in [0.4, 0.5) is 0 Å². The van der Waals surface area contributed by atoms with E-state index in [0.717, 1.165) is 38.5 Å². The van der Waals surface area contributed by atoms with Crippen molar-refractivity contribution in [2.24, 2.45) is 0 Å². The molecule has 0 aliphatic carbocycles. The minimum Gasteiger partial charge on any atom is -0.394 e. The number of hydrogen-bond donors (Lipinski definition) is 8. The quantitative estimate of drug-likeness (QED) is 0.0272. The molecule has 9 unspecified atom stereocenters. The molecule has 8 N–H and O–H groups in total. The molecule has 0 bridgehead atoms. The summed E-state index contributed by atoms with van der Waals surface area (Å²) < 4.78 is 11.2. The number of aliphatic hydroxyl groups excluding tert-OH is 7. The Bertz CT molecular complexity index is 1290. The predicted molar refractivity (Wildman–Crippen MR) is 344 cm³/mol. The Morgan fingerprint density at radius 3 is 0.902 bits per heavy atom. The summed E-state index contributed by atoms with van der Waals surface area (Å²) in [7, 11) is 0. The van der Waals surface area contributed by atoms with Crippen molar-refractivity contribution in [3.8, 4) is 0 Å². The first-order valence-electron chi connectivity index (χ1n) is 36.4. The molecule has 0 saturated carbocycles. The number of amides is 1. The number of hydrogen-bond acceptors (Lipinski definition) is 10. The molecule has 11 nitrogen and oxygen atoms in total. The average molecular weight is 1170 g/mol. The molecule has 0 spiro atoms. The van der Waals surface area contributed by atoms with Crippen LogP contribution in [0, 0.1) is 0 Å². The van der Waals surface area contributed by atoms with Crippen LogP contribution in [0.15, 0.2) is 0 Å². The third kappa shape index (κ3) is 47.2. The second kappa shape index (κ2) is 60.4. The van der Waals surface area contributed by atoms with Crippen molar-refractivity contribution >= 4 is 5.91 Å². The van der Waals surface area contributed by atoms with E-state index in [1.165, 1.54) is 302 Å². The van der Waals surface area contributed by atoms with Crippen molar-refractivity contribution in [1.82, 2.24) is 5.32 Å². The molecule has 1 rings (SSSR count). The standard InChI is InChI=1S/C71H141NO10/c1-3-5-7-9-11-13-15-17-19-21-23-24-25-26-27-28-29-30-31-32-33-34-35-36-37-38-39-41-43-45-47-49-51-53-55-57-59-64(75)70(80)72-62(61-81-71-69(79)68(78)67(77)65(60-73)82-71)66(76)63(74)58-56-54-52-50-48-46-44-42-40-22-20-18-16-14-12-10-8-6-4-2/h62-69,71,73-79H,3-61H2,1-2H3,(H,72,80). The van der Waals surface area contributed by atoms with E-state index >= 15 is 0 Å². The monoisotopic (exact) mass is 1170 g/mol. The minimum absolute atomic E-state index is 0.268. The lowest BCUT2D eigenvalue weighted by Gasteiger charge is -2.40. The number of rotatable bonds is 65. The summed E-state index contributed by atoms with van der Waals surface area (Å²) in [5, 5.41) is 76.5. The SMILES string of the molecule is CCCCCCCCCCCCCCCCCCCCCCCCCCCCCCCCCCCCCCC(O)C(=O)NC(COC1OC(CO)C(O)C(O)C1O)C(O)C(O)CCCCCCCCCCCCCCCCCCCCC. The van der Waals surface area contributed by atoms with Crippen molar-refractivity contribution < 1.29 is 50.0 Å².